The van der Waals surface area contributed by atoms with Crippen LogP contribution in [-0.4, -0.2) is 22.6 Å². The summed E-state index contributed by atoms with van der Waals surface area (Å²) in [5, 5.41) is 9.79. The van der Waals surface area contributed by atoms with Gasteiger partial charge in [0, 0.05) is 17.5 Å². The molecule has 0 aliphatic carbocycles. The second-order valence-corrected chi connectivity index (χ2v) is 6.58. The average molecular weight is 337 g/mol. The van der Waals surface area contributed by atoms with Crippen LogP contribution in [0.3, 0.4) is 0 Å². The van der Waals surface area contributed by atoms with Gasteiger partial charge in [0.25, 0.3) is 5.91 Å². The van der Waals surface area contributed by atoms with Crippen LogP contribution in [0.25, 0.3) is 11.3 Å². The number of aromatic nitrogens is 2. The van der Waals surface area contributed by atoms with Crippen molar-refractivity contribution in [3.8, 4) is 11.3 Å². The third-order valence-corrected chi connectivity index (χ3v) is 4.19. The van der Waals surface area contributed by atoms with Gasteiger partial charge in [-0.05, 0) is 17.7 Å². The molecule has 0 aliphatic heterocycles. The molecule has 2 N–H and O–H groups in total. The highest BCUT2D eigenvalue weighted by Crippen LogP contribution is 2.25. The van der Waals surface area contributed by atoms with Crippen molar-refractivity contribution in [1.82, 2.24) is 15.5 Å². The first-order chi connectivity index (χ1) is 12.0. The third-order valence-electron chi connectivity index (χ3n) is 4.19. The minimum absolute atomic E-state index is 0.265. The number of benzene rings is 2. The molecule has 4 nitrogen and oxygen atoms in total. The summed E-state index contributed by atoms with van der Waals surface area (Å²) in [6, 6.07) is 18.0. The molecule has 0 radical (unpaired) electrons. The fraction of sp³-hybridized carbons (Fsp3) is 0.200. The Morgan fingerprint density at radius 2 is 1.80 bits per heavy atom. The van der Waals surface area contributed by atoms with E-state index in [2.05, 4.69) is 15.5 Å². The zero-order chi connectivity index (χ0) is 17.9. The summed E-state index contributed by atoms with van der Waals surface area (Å²) in [5.41, 5.74) is 2.07. The Balaban J connectivity index is 1.69. The van der Waals surface area contributed by atoms with E-state index in [1.54, 1.807) is 24.3 Å². The Morgan fingerprint density at radius 3 is 2.52 bits per heavy atom. The SMILES string of the molecule is CC(C)(CNC(=O)c1cc(-c2ccccc2)n[nH]1)c1ccccc1F. The maximum atomic E-state index is 14.0. The van der Waals surface area contributed by atoms with Gasteiger partial charge in [0.1, 0.15) is 11.5 Å². The molecule has 3 aromatic rings. The van der Waals surface area contributed by atoms with Crippen molar-refractivity contribution < 1.29 is 9.18 Å². The molecule has 25 heavy (non-hydrogen) atoms. The zero-order valence-corrected chi connectivity index (χ0v) is 14.2. The number of nitrogens with zero attached hydrogens (tertiary/aromatic N) is 1. The maximum Gasteiger partial charge on any atom is 0.269 e. The van der Waals surface area contributed by atoms with Gasteiger partial charge in [-0.3, -0.25) is 9.89 Å². The van der Waals surface area contributed by atoms with Crippen LogP contribution in [0.2, 0.25) is 0 Å². The molecule has 5 heteroatoms. The molecular weight excluding hydrogens is 317 g/mol. The quantitative estimate of drug-likeness (QED) is 0.741. The number of amides is 1. The number of aromatic amines is 1. The second kappa shape index (κ2) is 6.89. The molecule has 1 heterocycles. The van der Waals surface area contributed by atoms with E-state index >= 15 is 0 Å². The lowest BCUT2D eigenvalue weighted by Crippen LogP contribution is -2.37. The molecule has 2 aromatic carbocycles. The van der Waals surface area contributed by atoms with E-state index in [0.717, 1.165) is 5.56 Å². The van der Waals surface area contributed by atoms with Gasteiger partial charge in [-0.1, -0.05) is 62.4 Å². The first kappa shape index (κ1) is 16.9. The number of carbonyl (C=O) groups excluding carboxylic acids is 1. The number of hydrogen-bond acceptors (Lipinski definition) is 2. The molecule has 0 atom stereocenters. The Morgan fingerprint density at radius 1 is 1.12 bits per heavy atom. The molecule has 0 aliphatic rings. The summed E-state index contributed by atoms with van der Waals surface area (Å²) >= 11 is 0. The lowest BCUT2D eigenvalue weighted by molar-refractivity contribution is 0.0940. The summed E-state index contributed by atoms with van der Waals surface area (Å²) in [5.74, 6) is -0.534. The van der Waals surface area contributed by atoms with E-state index in [4.69, 9.17) is 0 Å². The van der Waals surface area contributed by atoms with Crippen molar-refractivity contribution in [3.63, 3.8) is 0 Å². The van der Waals surface area contributed by atoms with E-state index in [-0.39, 0.29) is 11.7 Å². The summed E-state index contributed by atoms with van der Waals surface area (Å²) < 4.78 is 14.0. The normalized spacial score (nSPS) is 11.3. The first-order valence-electron chi connectivity index (χ1n) is 8.11. The minimum Gasteiger partial charge on any atom is -0.350 e. The second-order valence-electron chi connectivity index (χ2n) is 6.58. The van der Waals surface area contributed by atoms with Crippen molar-refractivity contribution in [3.05, 3.63) is 77.7 Å². The molecule has 0 fully saturated rings. The molecule has 0 spiro atoms. The lowest BCUT2D eigenvalue weighted by Gasteiger charge is -2.25. The largest absolute Gasteiger partial charge is 0.350 e. The van der Waals surface area contributed by atoms with Crippen LogP contribution >= 0.6 is 0 Å². The summed E-state index contributed by atoms with van der Waals surface area (Å²) in [6.07, 6.45) is 0. The molecule has 3 rings (SSSR count). The van der Waals surface area contributed by atoms with Crippen LogP contribution in [0.4, 0.5) is 4.39 Å². The van der Waals surface area contributed by atoms with Crippen LogP contribution in [0.15, 0.2) is 60.7 Å². The fourth-order valence-electron chi connectivity index (χ4n) is 2.70. The Bertz CT molecular complexity index is 871. The smallest absolute Gasteiger partial charge is 0.269 e. The van der Waals surface area contributed by atoms with Crippen molar-refractivity contribution in [2.45, 2.75) is 19.3 Å². The first-order valence-corrected chi connectivity index (χ1v) is 8.11. The van der Waals surface area contributed by atoms with Gasteiger partial charge in [-0.15, -0.1) is 0 Å². The predicted octanol–water partition coefficient (Wildman–Crippen LogP) is 3.92. The number of nitrogens with one attached hydrogen (secondary N) is 2. The average Bonchev–Trinajstić information content (AvgIpc) is 3.11. The number of rotatable bonds is 5. The molecule has 0 unspecified atom stereocenters. The fourth-order valence-corrected chi connectivity index (χ4v) is 2.70. The van der Waals surface area contributed by atoms with E-state index < -0.39 is 5.41 Å². The highest BCUT2D eigenvalue weighted by molar-refractivity contribution is 5.93. The standard InChI is InChI=1S/C20H20FN3O/c1-20(2,15-10-6-7-11-16(15)21)13-22-19(25)18-12-17(23-24-18)14-8-4-3-5-9-14/h3-12H,13H2,1-2H3,(H,22,25)(H,23,24). The molecule has 0 bridgehead atoms. The van der Waals surface area contributed by atoms with Gasteiger partial charge in [0.2, 0.25) is 0 Å². The molecular formula is C20H20FN3O. The van der Waals surface area contributed by atoms with Crippen molar-refractivity contribution in [2.24, 2.45) is 0 Å². The van der Waals surface area contributed by atoms with E-state index in [1.165, 1.54) is 6.07 Å². The van der Waals surface area contributed by atoms with E-state index in [9.17, 15) is 9.18 Å². The van der Waals surface area contributed by atoms with E-state index in [0.29, 0.717) is 23.5 Å². The number of H-pyrrole nitrogens is 1. The van der Waals surface area contributed by atoms with Crippen molar-refractivity contribution in [2.75, 3.05) is 6.54 Å². The lowest BCUT2D eigenvalue weighted by atomic mass is 9.84. The summed E-state index contributed by atoms with van der Waals surface area (Å²) in [7, 11) is 0. The molecule has 1 aromatic heterocycles. The van der Waals surface area contributed by atoms with Gasteiger partial charge in [0.05, 0.1) is 5.69 Å². The van der Waals surface area contributed by atoms with Gasteiger partial charge >= 0.3 is 0 Å². The van der Waals surface area contributed by atoms with Gasteiger partial charge in [0.15, 0.2) is 0 Å². The van der Waals surface area contributed by atoms with Crippen LogP contribution in [0.5, 0.6) is 0 Å². The topological polar surface area (TPSA) is 57.8 Å². The van der Waals surface area contributed by atoms with Crippen LogP contribution < -0.4 is 5.32 Å². The van der Waals surface area contributed by atoms with Gasteiger partial charge < -0.3 is 5.32 Å². The summed E-state index contributed by atoms with van der Waals surface area (Å²) in [6.45, 7) is 4.11. The Kier molecular flexibility index (Phi) is 4.65. The van der Waals surface area contributed by atoms with Crippen LogP contribution in [0.1, 0.15) is 29.9 Å². The number of hydrogen-bond donors (Lipinski definition) is 2. The Labute approximate surface area is 146 Å². The highest BCUT2D eigenvalue weighted by atomic mass is 19.1. The van der Waals surface area contributed by atoms with Crippen LogP contribution in [-0.2, 0) is 5.41 Å². The Hall–Kier alpha value is -2.95. The third kappa shape index (κ3) is 3.76. The van der Waals surface area contributed by atoms with Crippen LogP contribution in [0, 0.1) is 5.82 Å². The molecule has 1 amide bonds. The number of halogens is 1. The van der Waals surface area contributed by atoms with E-state index in [1.807, 2.05) is 44.2 Å². The monoisotopic (exact) mass is 337 g/mol. The minimum atomic E-state index is -0.525. The number of carbonyl (C=O) groups is 1. The molecule has 0 saturated heterocycles. The van der Waals surface area contributed by atoms with Crippen molar-refractivity contribution >= 4 is 5.91 Å². The van der Waals surface area contributed by atoms with Gasteiger partial charge in [-0.2, -0.15) is 5.10 Å². The van der Waals surface area contributed by atoms with Crippen molar-refractivity contribution in [1.29, 1.82) is 0 Å². The molecule has 128 valence electrons. The highest BCUT2D eigenvalue weighted by Gasteiger charge is 2.25. The van der Waals surface area contributed by atoms with Gasteiger partial charge in [-0.25, -0.2) is 4.39 Å². The predicted molar refractivity (Wildman–Crippen MR) is 95.8 cm³/mol. The maximum absolute atomic E-state index is 14.0. The molecule has 0 saturated carbocycles. The zero-order valence-electron chi connectivity index (χ0n) is 14.2. The summed E-state index contributed by atoms with van der Waals surface area (Å²) in [4.78, 5) is 12.4.